The molecule has 1 fully saturated rings. The number of hydrogen-bond acceptors (Lipinski definition) is 4. The molecule has 2 aliphatic carbocycles. The lowest BCUT2D eigenvalue weighted by Crippen LogP contribution is -2.39. The van der Waals surface area contributed by atoms with E-state index in [0.717, 1.165) is 35.2 Å². The minimum atomic E-state index is -0.630. The predicted molar refractivity (Wildman–Crippen MR) is 118 cm³/mol. The first-order chi connectivity index (χ1) is 15.0. The van der Waals surface area contributed by atoms with Gasteiger partial charge in [-0.15, -0.1) is 5.10 Å². The second kappa shape index (κ2) is 7.42. The molecular weight excluding hydrogens is 392 g/mol. The van der Waals surface area contributed by atoms with Crippen molar-refractivity contribution in [3.63, 3.8) is 0 Å². The molecule has 3 N–H and O–H groups in total. The van der Waals surface area contributed by atoms with Gasteiger partial charge in [-0.3, -0.25) is 5.32 Å². The lowest BCUT2D eigenvalue weighted by molar-refractivity contribution is 0.109. The van der Waals surface area contributed by atoms with Crippen molar-refractivity contribution in [2.45, 2.75) is 44.2 Å². The third-order valence-corrected chi connectivity index (χ3v) is 6.38. The zero-order valence-corrected chi connectivity index (χ0v) is 17.6. The molecule has 3 aromatic rings. The number of aromatic nitrogens is 2. The Morgan fingerprint density at radius 2 is 1.90 bits per heavy atom. The van der Waals surface area contributed by atoms with E-state index >= 15 is 0 Å². The third-order valence-electron chi connectivity index (χ3n) is 6.38. The molecular formula is C24H26N4O3. The zero-order valence-electron chi connectivity index (χ0n) is 17.6. The van der Waals surface area contributed by atoms with Gasteiger partial charge in [0.05, 0.1) is 30.0 Å². The van der Waals surface area contributed by atoms with E-state index in [9.17, 15) is 9.90 Å². The number of rotatable bonds is 5. The molecule has 0 radical (unpaired) electrons. The Hall–Kier alpha value is -3.32. The van der Waals surface area contributed by atoms with Crippen molar-refractivity contribution >= 4 is 11.8 Å². The summed E-state index contributed by atoms with van der Waals surface area (Å²) >= 11 is 0. The van der Waals surface area contributed by atoms with Gasteiger partial charge >= 0.3 is 6.03 Å². The van der Waals surface area contributed by atoms with E-state index in [4.69, 9.17) is 4.74 Å². The molecule has 0 bridgehead atoms. The fraction of sp³-hybridized carbons (Fsp3) is 0.333. The highest BCUT2D eigenvalue weighted by atomic mass is 16.5. The number of para-hydroxylation sites is 1. The number of carbonyl (C=O) groups excluding carboxylic acids is 1. The van der Waals surface area contributed by atoms with Gasteiger partial charge in [-0.05, 0) is 49.9 Å². The van der Waals surface area contributed by atoms with Gasteiger partial charge in [-0.25, -0.2) is 9.48 Å². The van der Waals surface area contributed by atoms with Gasteiger partial charge in [-0.2, -0.15) is 0 Å². The smallest absolute Gasteiger partial charge is 0.320 e. The van der Waals surface area contributed by atoms with Crippen LogP contribution in [0.5, 0.6) is 5.88 Å². The molecule has 1 saturated carbocycles. The standard InChI is InChI=1S/C24H26N4O3/c1-3-31-22-15(2)21(28(27-22)16-9-5-4-6-10-16)26-23(30)25-19-17-11-7-8-12-18(17)24(13-14-24)20(19)29/h4-12,19-20,29H,3,13-14H2,1-2H3,(H2,25,26,30)/t19?,20-/m0/s1. The molecule has 0 saturated heterocycles. The number of amides is 2. The van der Waals surface area contributed by atoms with Crippen LogP contribution in [0.2, 0.25) is 0 Å². The Morgan fingerprint density at radius 3 is 2.61 bits per heavy atom. The molecule has 5 rings (SSSR count). The number of ether oxygens (including phenoxy) is 1. The molecule has 2 atom stereocenters. The minimum absolute atomic E-state index is 0.210. The van der Waals surface area contributed by atoms with Crippen molar-refractivity contribution in [2.24, 2.45) is 0 Å². The molecule has 2 aromatic carbocycles. The molecule has 1 aromatic heterocycles. The number of fused-ring (bicyclic) bond motifs is 2. The summed E-state index contributed by atoms with van der Waals surface area (Å²) in [5, 5.41) is 21.5. The van der Waals surface area contributed by atoms with E-state index < -0.39 is 12.1 Å². The van der Waals surface area contributed by atoms with Crippen LogP contribution in [0.4, 0.5) is 10.6 Å². The molecule has 160 valence electrons. The number of nitrogens with zero attached hydrogens (tertiary/aromatic N) is 2. The summed E-state index contributed by atoms with van der Waals surface area (Å²) in [6.07, 6.45) is 1.26. The average molecular weight is 418 g/mol. The summed E-state index contributed by atoms with van der Waals surface area (Å²) in [6.45, 7) is 4.24. The van der Waals surface area contributed by atoms with Crippen LogP contribution in [0.15, 0.2) is 54.6 Å². The highest BCUT2D eigenvalue weighted by Gasteiger charge is 2.59. The Labute approximate surface area is 181 Å². The van der Waals surface area contributed by atoms with Crippen LogP contribution < -0.4 is 15.4 Å². The van der Waals surface area contributed by atoms with E-state index in [-0.39, 0.29) is 11.4 Å². The van der Waals surface area contributed by atoms with Gasteiger partial charge in [0, 0.05) is 5.41 Å². The SMILES string of the molecule is CCOc1nn(-c2ccccc2)c(NC(=O)NC2c3ccccc3C3(CC3)[C@H]2O)c1C. The molecule has 1 unspecified atom stereocenters. The quantitative estimate of drug-likeness (QED) is 0.587. The Kier molecular flexibility index (Phi) is 4.70. The van der Waals surface area contributed by atoms with Crippen molar-refractivity contribution < 1.29 is 14.6 Å². The lowest BCUT2D eigenvalue weighted by Gasteiger charge is -2.21. The number of aliphatic hydroxyl groups is 1. The number of anilines is 1. The van der Waals surface area contributed by atoms with Crippen LogP contribution in [0, 0.1) is 6.92 Å². The maximum atomic E-state index is 13.0. The second-order valence-electron chi connectivity index (χ2n) is 8.22. The normalized spacial score (nSPS) is 20.4. The molecule has 1 spiro atoms. The van der Waals surface area contributed by atoms with Crippen LogP contribution in [-0.4, -0.2) is 33.6 Å². The minimum Gasteiger partial charge on any atom is -0.477 e. The van der Waals surface area contributed by atoms with Gasteiger partial charge in [0.2, 0.25) is 5.88 Å². The summed E-state index contributed by atoms with van der Waals surface area (Å²) in [4.78, 5) is 13.0. The number of benzene rings is 2. The van der Waals surface area contributed by atoms with E-state index in [0.29, 0.717) is 18.3 Å². The molecule has 1 heterocycles. The molecule has 7 nitrogen and oxygen atoms in total. The summed E-state index contributed by atoms with van der Waals surface area (Å²) in [5.74, 6) is 1.01. The Bertz CT molecular complexity index is 1120. The van der Waals surface area contributed by atoms with Gasteiger partial charge in [0.1, 0.15) is 5.82 Å². The molecule has 31 heavy (non-hydrogen) atoms. The fourth-order valence-corrected chi connectivity index (χ4v) is 4.66. The summed E-state index contributed by atoms with van der Waals surface area (Å²) in [5.41, 5.74) is 3.49. The number of carbonyl (C=O) groups is 1. The number of hydrogen-bond donors (Lipinski definition) is 3. The first-order valence-corrected chi connectivity index (χ1v) is 10.7. The fourth-order valence-electron chi connectivity index (χ4n) is 4.66. The van der Waals surface area contributed by atoms with Gasteiger partial charge in [0.25, 0.3) is 0 Å². The summed E-state index contributed by atoms with van der Waals surface area (Å²) < 4.78 is 7.32. The summed E-state index contributed by atoms with van der Waals surface area (Å²) in [6, 6.07) is 16.7. The van der Waals surface area contributed by atoms with E-state index in [2.05, 4.69) is 21.8 Å². The first-order valence-electron chi connectivity index (χ1n) is 10.7. The monoisotopic (exact) mass is 418 g/mol. The van der Waals surface area contributed by atoms with Gasteiger partial charge in [0.15, 0.2) is 0 Å². The molecule has 7 heteroatoms. The van der Waals surface area contributed by atoms with Crippen molar-refractivity contribution in [3.8, 4) is 11.6 Å². The Balaban J connectivity index is 1.42. The number of nitrogens with one attached hydrogen (secondary N) is 2. The van der Waals surface area contributed by atoms with Crippen molar-refractivity contribution in [1.29, 1.82) is 0 Å². The van der Waals surface area contributed by atoms with E-state index in [1.165, 1.54) is 0 Å². The highest BCUT2D eigenvalue weighted by Crippen LogP contribution is 2.59. The van der Waals surface area contributed by atoms with Gasteiger partial charge < -0.3 is 15.2 Å². The van der Waals surface area contributed by atoms with Crippen LogP contribution in [0.3, 0.4) is 0 Å². The maximum Gasteiger partial charge on any atom is 0.320 e. The number of urea groups is 1. The van der Waals surface area contributed by atoms with Gasteiger partial charge in [-0.1, -0.05) is 42.5 Å². The second-order valence-corrected chi connectivity index (χ2v) is 8.22. The lowest BCUT2D eigenvalue weighted by atomic mass is 9.97. The third kappa shape index (κ3) is 3.16. The number of aliphatic hydroxyl groups excluding tert-OH is 1. The Morgan fingerprint density at radius 1 is 1.19 bits per heavy atom. The molecule has 2 amide bonds. The largest absolute Gasteiger partial charge is 0.477 e. The van der Waals surface area contributed by atoms with Crippen molar-refractivity contribution in [1.82, 2.24) is 15.1 Å². The van der Waals surface area contributed by atoms with Crippen LogP contribution in [-0.2, 0) is 5.41 Å². The highest BCUT2D eigenvalue weighted by molar-refractivity contribution is 5.90. The first kappa shape index (κ1) is 19.6. The molecule has 2 aliphatic rings. The predicted octanol–water partition coefficient (Wildman–Crippen LogP) is 3.85. The maximum absolute atomic E-state index is 13.0. The average Bonchev–Trinajstić information content (AvgIpc) is 3.50. The summed E-state index contributed by atoms with van der Waals surface area (Å²) in [7, 11) is 0. The van der Waals surface area contributed by atoms with Crippen molar-refractivity contribution in [2.75, 3.05) is 11.9 Å². The van der Waals surface area contributed by atoms with Crippen LogP contribution in [0.1, 0.15) is 42.5 Å². The van der Waals surface area contributed by atoms with E-state index in [1.807, 2.05) is 62.4 Å². The van der Waals surface area contributed by atoms with E-state index in [1.54, 1.807) is 4.68 Å². The van der Waals surface area contributed by atoms with Crippen LogP contribution >= 0.6 is 0 Å². The zero-order chi connectivity index (χ0) is 21.6. The van der Waals surface area contributed by atoms with Crippen LogP contribution in [0.25, 0.3) is 5.69 Å². The molecule has 0 aliphatic heterocycles. The topological polar surface area (TPSA) is 88.4 Å². The van der Waals surface area contributed by atoms with Crippen molar-refractivity contribution in [3.05, 3.63) is 71.3 Å².